The molecule has 1 saturated heterocycles. The fraction of sp³-hybridized carbons (Fsp3) is 0.353. The molecule has 8 heteroatoms. The van der Waals surface area contributed by atoms with Crippen LogP contribution in [0.4, 0.5) is 5.69 Å². The molecule has 1 aromatic carbocycles. The first kappa shape index (κ1) is 17.9. The van der Waals surface area contributed by atoms with Crippen molar-refractivity contribution in [3.05, 3.63) is 47.3 Å². The second-order valence-electron chi connectivity index (χ2n) is 6.02. The zero-order chi connectivity index (χ0) is 17.7. The van der Waals surface area contributed by atoms with Gasteiger partial charge in [0.1, 0.15) is 4.21 Å². The van der Waals surface area contributed by atoms with Crippen LogP contribution < -0.4 is 15.4 Å². The van der Waals surface area contributed by atoms with E-state index in [2.05, 4.69) is 15.4 Å². The predicted octanol–water partition coefficient (Wildman–Crippen LogP) is 1.96. The zero-order valence-electron chi connectivity index (χ0n) is 13.7. The maximum absolute atomic E-state index is 12.2. The quantitative estimate of drug-likeness (QED) is 0.716. The van der Waals surface area contributed by atoms with Crippen LogP contribution in [0.5, 0.6) is 0 Å². The molecule has 3 rings (SSSR count). The Morgan fingerprint density at radius 3 is 2.68 bits per heavy atom. The van der Waals surface area contributed by atoms with Gasteiger partial charge in [0, 0.05) is 18.3 Å². The third kappa shape index (κ3) is 5.04. The van der Waals surface area contributed by atoms with Crippen LogP contribution in [0.15, 0.2) is 46.0 Å². The number of anilines is 1. The Morgan fingerprint density at radius 2 is 2.04 bits per heavy atom. The van der Waals surface area contributed by atoms with Gasteiger partial charge in [0.25, 0.3) is 10.0 Å². The van der Waals surface area contributed by atoms with E-state index in [1.807, 2.05) is 0 Å². The Morgan fingerprint density at radius 1 is 1.24 bits per heavy atom. The highest BCUT2D eigenvalue weighted by atomic mass is 32.2. The number of nitrogens with one attached hydrogen (secondary N) is 3. The predicted molar refractivity (Wildman–Crippen MR) is 99.3 cm³/mol. The minimum absolute atomic E-state index is 0.0133. The Kier molecular flexibility index (Phi) is 5.72. The third-order valence-corrected chi connectivity index (χ3v) is 6.77. The van der Waals surface area contributed by atoms with E-state index in [0.29, 0.717) is 5.69 Å². The topological polar surface area (TPSA) is 87.3 Å². The molecule has 0 radical (unpaired) electrons. The Bertz CT molecular complexity index is 796. The van der Waals surface area contributed by atoms with Gasteiger partial charge in [-0.2, -0.15) is 0 Å². The van der Waals surface area contributed by atoms with E-state index in [4.69, 9.17) is 0 Å². The smallest absolute Gasteiger partial charge is 0.271 e. The van der Waals surface area contributed by atoms with Crippen molar-refractivity contribution in [2.24, 2.45) is 0 Å². The standard InChI is InChI=1S/C17H21N3O3S2/c21-16(19-15-3-1-9-18-12-15)11-13-5-7-14(8-6-13)20-25(22,23)17-4-2-10-24-17/h2,4-8,10,15,18,20H,1,3,9,11-12H2,(H,19,21). The first-order valence-electron chi connectivity index (χ1n) is 8.18. The molecule has 0 saturated carbocycles. The summed E-state index contributed by atoms with van der Waals surface area (Å²) in [4.78, 5) is 12.1. The van der Waals surface area contributed by atoms with Gasteiger partial charge >= 0.3 is 0 Å². The Labute approximate surface area is 151 Å². The average molecular weight is 380 g/mol. The number of hydrogen-bond donors (Lipinski definition) is 3. The number of carbonyl (C=O) groups is 1. The van der Waals surface area contributed by atoms with Crippen molar-refractivity contribution in [1.29, 1.82) is 0 Å². The van der Waals surface area contributed by atoms with Crippen molar-refractivity contribution in [3.63, 3.8) is 0 Å². The maximum atomic E-state index is 12.2. The van der Waals surface area contributed by atoms with E-state index in [0.717, 1.165) is 31.5 Å². The molecule has 1 fully saturated rings. The lowest BCUT2D eigenvalue weighted by atomic mass is 10.1. The number of amides is 1. The van der Waals surface area contributed by atoms with Crippen LogP contribution in [0.1, 0.15) is 18.4 Å². The summed E-state index contributed by atoms with van der Waals surface area (Å²) in [5, 5.41) is 8.01. The van der Waals surface area contributed by atoms with Gasteiger partial charge in [-0.05, 0) is 48.5 Å². The summed E-state index contributed by atoms with van der Waals surface area (Å²) >= 11 is 1.17. The van der Waals surface area contributed by atoms with Crippen molar-refractivity contribution < 1.29 is 13.2 Å². The molecule has 2 heterocycles. The zero-order valence-corrected chi connectivity index (χ0v) is 15.3. The minimum atomic E-state index is -3.54. The summed E-state index contributed by atoms with van der Waals surface area (Å²) in [6, 6.07) is 10.3. The van der Waals surface area contributed by atoms with Crippen molar-refractivity contribution in [3.8, 4) is 0 Å². The van der Waals surface area contributed by atoms with Gasteiger partial charge in [-0.1, -0.05) is 18.2 Å². The monoisotopic (exact) mass is 379 g/mol. The van der Waals surface area contributed by atoms with Crippen LogP contribution in [-0.2, 0) is 21.2 Å². The average Bonchev–Trinajstić information content (AvgIpc) is 3.13. The maximum Gasteiger partial charge on any atom is 0.271 e. The van der Waals surface area contributed by atoms with E-state index in [1.54, 1.807) is 41.8 Å². The van der Waals surface area contributed by atoms with Gasteiger partial charge in [-0.25, -0.2) is 8.42 Å². The number of hydrogen-bond acceptors (Lipinski definition) is 5. The molecule has 1 unspecified atom stereocenters. The van der Waals surface area contributed by atoms with Gasteiger partial charge in [0.15, 0.2) is 0 Å². The number of rotatable bonds is 6. The highest BCUT2D eigenvalue weighted by Gasteiger charge is 2.16. The van der Waals surface area contributed by atoms with Gasteiger partial charge < -0.3 is 10.6 Å². The van der Waals surface area contributed by atoms with Crippen molar-refractivity contribution in [2.75, 3.05) is 17.8 Å². The van der Waals surface area contributed by atoms with Gasteiger partial charge in [0.05, 0.1) is 6.42 Å². The molecule has 134 valence electrons. The number of thiophene rings is 1. The molecule has 1 atom stereocenters. The van der Waals surface area contributed by atoms with Gasteiger partial charge in [-0.15, -0.1) is 11.3 Å². The molecule has 2 aromatic rings. The van der Waals surface area contributed by atoms with Crippen LogP contribution in [0.3, 0.4) is 0 Å². The second kappa shape index (κ2) is 7.99. The highest BCUT2D eigenvalue weighted by molar-refractivity contribution is 7.94. The van der Waals surface area contributed by atoms with Gasteiger partial charge in [-0.3, -0.25) is 9.52 Å². The molecule has 1 amide bonds. The number of piperidine rings is 1. The minimum Gasteiger partial charge on any atom is -0.352 e. The van der Waals surface area contributed by atoms with Crippen LogP contribution in [0, 0.1) is 0 Å². The molecule has 0 bridgehead atoms. The summed E-state index contributed by atoms with van der Waals surface area (Å²) in [6.45, 7) is 1.82. The lowest BCUT2D eigenvalue weighted by Gasteiger charge is -2.23. The molecule has 1 aliphatic rings. The van der Waals surface area contributed by atoms with Crippen LogP contribution >= 0.6 is 11.3 Å². The molecule has 0 aliphatic carbocycles. The van der Waals surface area contributed by atoms with E-state index in [-0.39, 0.29) is 22.6 Å². The molecule has 1 aromatic heterocycles. The van der Waals surface area contributed by atoms with Crippen molar-refractivity contribution >= 4 is 33.0 Å². The Hall–Kier alpha value is -1.90. The van der Waals surface area contributed by atoms with E-state index in [9.17, 15) is 13.2 Å². The van der Waals surface area contributed by atoms with E-state index >= 15 is 0 Å². The molecule has 3 N–H and O–H groups in total. The summed E-state index contributed by atoms with van der Waals surface area (Å²) < 4.78 is 27.2. The number of sulfonamides is 1. The second-order valence-corrected chi connectivity index (χ2v) is 8.88. The van der Waals surface area contributed by atoms with Crippen LogP contribution in [0.25, 0.3) is 0 Å². The molecular weight excluding hydrogens is 358 g/mol. The van der Waals surface area contributed by atoms with E-state index in [1.165, 1.54) is 11.3 Å². The largest absolute Gasteiger partial charge is 0.352 e. The van der Waals surface area contributed by atoms with Crippen molar-refractivity contribution in [1.82, 2.24) is 10.6 Å². The molecule has 6 nitrogen and oxygen atoms in total. The molecule has 25 heavy (non-hydrogen) atoms. The normalized spacial score (nSPS) is 17.8. The molecule has 0 spiro atoms. The fourth-order valence-electron chi connectivity index (χ4n) is 2.75. The SMILES string of the molecule is O=C(Cc1ccc(NS(=O)(=O)c2cccs2)cc1)NC1CCCNC1. The third-order valence-electron chi connectivity index (χ3n) is 3.99. The summed E-state index contributed by atoms with van der Waals surface area (Å²) in [6.07, 6.45) is 2.36. The molecule has 1 aliphatic heterocycles. The summed E-state index contributed by atoms with van der Waals surface area (Å²) in [5.74, 6) is -0.0133. The summed E-state index contributed by atoms with van der Waals surface area (Å²) in [5.41, 5.74) is 1.33. The number of benzene rings is 1. The number of carbonyl (C=O) groups excluding carboxylic acids is 1. The first-order valence-corrected chi connectivity index (χ1v) is 10.5. The lowest BCUT2D eigenvalue weighted by Crippen LogP contribution is -2.46. The van der Waals surface area contributed by atoms with Crippen molar-refractivity contribution in [2.45, 2.75) is 29.5 Å². The highest BCUT2D eigenvalue weighted by Crippen LogP contribution is 2.20. The summed E-state index contributed by atoms with van der Waals surface area (Å²) in [7, 11) is -3.54. The van der Waals surface area contributed by atoms with Crippen LogP contribution in [0.2, 0.25) is 0 Å². The van der Waals surface area contributed by atoms with Gasteiger partial charge in [0.2, 0.25) is 5.91 Å². The van der Waals surface area contributed by atoms with E-state index < -0.39 is 10.0 Å². The fourth-order valence-corrected chi connectivity index (χ4v) is 4.80. The van der Waals surface area contributed by atoms with Crippen LogP contribution in [-0.4, -0.2) is 33.5 Å². The first-order chi connectivity index (χ1) is 12.0. The molecular formula is C17H21N3O3S2. The Balaban J connectivity index is 1.56. The lowest BCUT2D eigenvalue weighted by molar-refractivity contribution is -0.121.